The van der Waals surface area contributed by atoms with E-state index in [2.05, 4.69) is 0 Å². The normalized spacial score (nSPS) is 12.0. The van der Waals surface area contributed by atoms with Crippen LogP contribution in [0, 0.1) is 5.82 Å². The minimum absolute atomic E-state index is 0.253. The van der Waals surface area contributed by atoms with Gasteiger partial charge in [-0.15, -0.1) is 11.8 Å². The van der Waals surface area contributed by atoms with E-state index >= 15 is 0 Å². The van der Waals surface area contributed by atoms with Crippen molar-refractivity contribution in [3.05, 3.63) is 60.0 Å². The number of hydrogen-bond donors (Lipinski definition) is 2. The summed E-state index contributed by atoms with van der Waals surface area (Å²) in [5.41, 5.74) is 0.455. The molecule has 0 heterocycles. The molecule has 6 nitrogen and oxygen atoms in total. The molecule has 134 valence electrons. The summed E-state index contributed by atoms with van der Waals surface area (Å²) in [4.78, 5) is 0.424. The number of anilines is 1. The first-order valence-corrected chi connectivity index (χ1v) is 10.7. The third kappa shape index (κ3) is 5.05. The van der Waals surface area contributed by atoms with Crippen LogP contribution in [-0.4, -0.2) is 23.1 Å². The van der Waals surface area contributed by atoms with Gasteiger partial charge in [0, 0.05) is 11.1 Å². The molecule has 0 aliphatic rings. The van der Waals surface area contributed by atoms with Crippen LogP contribution in [0.25, 0.3) is 6.08 Å². The summed E-state index contributed by atoms with van der Waals surface area (Å²) in [6, 6.07) is 9.96. The molecule has 2 rings (SSSR count). The van der Waals surface area contributed by atoms with Gasteiger partial charge >= 0.3 is 0 Å². The van der Waals surface area contributed by atoms with Crippen molar-refractivity contribution in [1.82, 2.24) is 0 Å². The van der Waals surface area contributed by atoms with Gasteiger partial charge in [0.05, 0.1) is 5.69 Å². The summed E-state index contributed by atoms with van der Waals surface area (Å²) in [6.45, 7) is 0. The predicted molar refractivity (Wildman–Crippen MR) is 97.8 cm³/mol. The Labute approximate surface area is 151 Å². The van der Waals surface area contributed by atoms with E-state index in [-0.39, 0.29) is 5.69 Å². The van der Waals surface area contributed by atoms with Gasteiger partial charge in [0.1, 0.15) is 10.7 Å². The Balaban J connectivity index is 2.47. The van der Waals surface area contributed by atoms with Crippen LogP contribution in [0.5, 0.6) is 0 Å². The summed E-state index contributed by atoms with van der Waals surface area (Å²) in [6.07, 6.45) is 4.60. The monoisotopic (exact) mass is 402 g/mol. The topological polar surface area (TPSA) is 97.5 Å². The van der Waals surface area contributed by atoms with E-state index in [4.69, 9.17) is 5.14 Å². The number of benzene rings is 2. The molecule has 2 aromatic rings. The number of thioether (sulfide) groups is 1. The lowest BCUT2D eigenvalue weighted by atomic mass is 10.2. The van der Waals surface area contributed by atoms with Gasteiger partial charge in [-0.25, -0.2) is 30.7 Å². The van der Waals surface area contributed by atoms with Crippen LogP contribution < -0.4 is 9.44 Å². The number of sulfonamides is 1. The number of hydrogen-bond acceptors (Lipinski definition) is 5. The van der Waals surface area contributed by atoms with E-state index in [1.54, 1.807) is 23.9 Å². The zero-order chi connectivity index (χ0) is 18.6. The zero-order valence-electron chi connectivity index (χ0n) is 13.0. The molecule has 0 unspecified atom stereocenters. The highest BCUT2D eigenvalue weighted by atomic mass is 32.2. The Hall–Kier alpha value is -1.88. The molecule has 10 heteroatoms. The smallest absolute Gasteiger partial charge is 0.240 e. The van der Waals surface area contributed by atoms with Crippen LogP contribution in [0.2, 0.25) is 0 Å². The van der Waals surface area contributed by atoms with Crippen molar-refractivity contribution in [3.63, 3.8) is 0 Å². The van der Waals surface area contributed by atoms with Crippen molar-refractivity contribution in [3.8, 4) is 0 Å². The van der Waals surface area contributed by atoms with Crippen LogP contribution in [0.4, 0.5) is 10.1 Å². The third-order valence-corrected chi connectivity index (χ3v) is 5.56. The second-order valence-electron chi connectivity index (χ2n) is 4.83. The fraction of sp³-hybridized carbons (Fsp3) is 0.0667. The van der Waals surface area contributed by atoms with E-state index in [1.165, 1.54) is 12.3 Å². The van der Waals surface area contributed by atoms with Gasteiger partial charge in [-0.3, -0.25) is 0 Å². The Bertz CT molecular complexity index is 963. The van der Waals surface area contributed by atoms with Crippen molar-refractivity contribution in [2.24, 2.45) is 5.14 Å². The van der Waals surface area contributed by atoms with Crippen molar-refractivity contribution < 1.29 is 21.2 Å². The SMILES string of the molecule is CSc1ccc(C=CN(c2ccc(F)cc2S(N)(=O)=O)[SH](=O)=O)cc1. The van der Waals surface area contributed by atoms with Crippen molar-refractivity contribution in [2.75, 3.05) is 10.6 Å². The molecule has 0 atom stereocenters. The van der Waals surface area contributed by atoms with Gasteiger partial charge in [-0.2, -0.15) is 0 Å². The van der Waals surface area contributed by atoms with Crippen molar-refractivity contribution in [1.29, 1.82) is 0 Å². The number of thiol groups is 1. The van der Waals surface area contributed by atoms with Crippen LogP contribution in [0.1, 0.15) is 5.56 Å². The second kappa shape index (κ2) is 8.00. The Morgan fingerprint density at radius 3 is 2.32 bits per heavy atom. The highest BCUT2D eigenvalue weighted by molar-refractivity contribution is 7.98. The third-order valence-electron chi connectivity index (χ3n) is 3.18. The maximum atomic E-state index is 13.4. The molecule has 2 N–H and O–H groups in total. The van der Waals surface area contributed by atoms with E-state index in [0.29, 0.717) is 15.9 Å². The second-order valence-corrected chi connectivity index (χ2v) is 8.14. The molecule has 0 saturated carbocycles. The Kier molecular flexibility index (Phi) is 6.22. The first-order valence-electron chi connectivity index (χ1n) is 6.80. The minimum atomic E-state index is -4.31. The van der Waals surface area contributed by atoms with Crippen LogP contribution in [0.15, 0.2) is 58.5 Å². The quantitative estimate of drug-likeness (QED) is 0.570. The molecule has 0 bridgehead atoms. The maximum absolute atomic E-state index is 13.4. The van der Waals surface area contributed by atoms with Gasteiger partial charge < -0.3 is 0 Å². The van der Waals surface area contributed by atoms with Crippen molar-refractivity contribution >= 4 is 44.4 Å². The van der Waals surface area contributed by atoms with Crippen LogP contribution >= 0.6 is 11.8 Å². The number of nitrogens with two attached hydrogens (primary N) is 1. The molecule has 0 aliphatic heterocycles. The van der Waals surface area contributed by atoms with Gasteiger partial charge in [0.25, 0.3) is 0 Å². The average Bonchev–Trinajstić information content (AvgIpc) is 2.55. The maximum Gasteiger partial charge on any atom is 0.240 e. The molecule has 0 fully saturated rings. The first-order chi connectivity index (χ1) is 11.7. The standard InChI is InChI=1S/C15H15FN2O4S3/c1-23-13-5-2-11(3-6-13)8-9-18(24(19)20)14-7-4-12(16)10-15(14)25(17,21)22/h2-10,24H,1H3,(H2,17,21,22). The molecule has 0 radical (unpaired) electrons. The van der Waals surface area contributed by atoms with Gasteiger partial charge in [0.15, 0.2) is 0 Å². The van der Waals surface area contributed by atoms with E-state index < -0.39 is 31.6 Å². The van der Waals surface area contributed by atoms with E-state index in [9.17, 15) is 21.2 Å². The average molecular weight is 402 g/mol. The molecule has 25 heavy (non-hydrogen) atoms. The zero-order valence-corrected chi connectivity index (χ0v) is 15.5. The van der Waals surface area contributed by atoms with Crippen LogP contribution in [-0.2, 0) is 20.9 Å². The van der Waals surface area contributed by atoms with Gasteiger partial charge in [-0.1, -0.05) is 12.1 Å². The molecule has 2 aromatic carbocycles. The number of nitrogens with zero attached hydrogens (tertiary/aromatic N) is 1. The molecule has 0 saturated heterocycles. The number of primary sulfonamides is 1. The molecule has 0 spiro atoms. The fourth-order valence-corrected chi connectivity index (χ4v) is 3.74. The van der Waals surface area contributed by atoms with E-state index in [0.717, 1.165) is 17.0 Å². The molecular weight excluding hydrogens is 387 g/mol. The number of rotatable bonds is 6. The summed E-state index contributed by atoms with van der Waals surface area (Å²) < 4.78 is 60.5. The molecular formula is C15H15FN2O4S3. The van der Waals surface area contributed by atoms with E-state index in [1.807, 2.05) is 18.4 Å². The predicted octanol–water partition coefficient (Wildman–Crippen LogP) is 2.20. The number of halogens is 1. The van der Waals surface area contributed by atoms with Gasteiger partial charge in [-0.05, 0) is 48.2 Å². The highest BCUT2D eigenvalue weighted by Gasteiger charge is 2.20. The lowest BCUT2D eigenvalue weighted by molar-refractivity contribution is 0.592. The highest BCUT2D eigenvalue weighted by Crippen LogP contribution is 2.26. The molecule has 0 amide bonds. The van der Waals surface area contributed by atoms with Gasteiger partial charge in [0.2, 0.25) is 20.9 Å². The summed E-state index contributed by atoms with van der Waals surface area (Å²) >= 11 is 1.56. The summed E-state index contributed by atoms with van der Waals surface area (Å²) in [5, 5.41) is 5.06. The van der Waals surface area contributed by atoms with Crippen molar-refractivity contribution in [2.45, 2.75) is 9.79 Å². The minimum Gasteiger partial charge on any atom is -0.246 e. The Morgan fingerprint density at radius 1 is 1.16 bits per heavy atom. The largest absolute Gasteiger partial charge is 0.246 e. The first kappa shape index (κ1) is 19.4. The molecule has 0 aromatic heterocycles. The summed E-state index contributed by atoms with van der Waals surface area (Å²) in [5.74, 6) is -0.842. The lowest BCUT2D eigenvalue weighted by Crippen LogP contribution is -2.20. The summed E-state index contributed by atoms with van der Waals surface area (Å²) in [7, 11) is -7.53. The lowest BCUT2D eigenvalue weighted by Gasteiger charge is -2.16. The fourth-order valence-electron chi connectivity index (χ4n) is 2.00. The van der Waals surface area contributed by atoms with Crippen LogP contribution in [0.3, 0.4) is 0 Å². The Morgan fingerprint density at radius 2 is 1.80 bits per heavy atom. The molecule has 0 aliphatic carbocycles.